The average Bonchev–Trinajstić information content (AvgIpc) is 3.30. The Balaban J connectivity index is 1.77. The van der Waals surface area contributed by atoms with Gasteiger partial charge in [0, 0.05) is 24.7 Å². The van der Waals surface area contributed by atoms with Crippen LogP contribution in [0.25, 0.3) is 11.3 Å². The van der Waals surface area contributed by atoms with Crippen LogP contribution in [-0.2, 0) is 22.7 Å². The van der Waals surface area contributed by atoms with Crippen LogP contribution in [0.3, 0.4) is 0 Å². The van der Waals surface area contributed by atoms with E-state index in [-0.39, 0.29) is 33.6 Å². The van der Waals surface area contributed by atoms with Crippen molar-refractivity contribution in [3.05, 3.63) is 60.0 Å². The van der Waals surface area contributed by atoms with E-state index in [1.807, 2.05) is 0 Å². The molecule has 2 aromatic carbocycles. The summed E-state index contributed by atoms with van der Waals surface area (Å²) in [5.74, 6) is 0.438. The largest absolute Gasteiger partial charge is 0.457 e. The fourth-order valence-electron chi connectivity index (χ4n) is 3.19. The normalized spacial score (nSPS) is 14.0. The van der Waals surface area contributed by atoms with Crippen molar-refractivity contribution in [3.63, 3.8) is 0 Å². The molecule has 11 heteroatoms. The van der Waals surface area contributed by atoms with E-state index in [0.717, 1.165) is 12.1 Å². The number of nitrogens with zero attached hydrogens (tertiary/aromatic N) is 2. The molecule has 0 atom stereocenters. The predicted molar refractivity (Wildman–Crippen MR) is 104 cm³/mol. The van der Waals surface area contributed by atoms with Gasteiger partial charge in [-0.3, -0.25) is 4.79 Å². The van der Waals surface area contributed by atoms with Crippen molar-refractivity contribution in [2.24, 2.45) is 0 Å². The number of aryl methyl sites for hydroxylation is 1. The summed E-state index contributed by atoms with van der Waals surface area (Å²) in [5, 5.41) is 0. The van der Waals surface area contributed by atoms with Gasteiger partial charge in [-0.05, 0) is 49.5 Å². The number of imidazole rings is 1. The van der Waals surface area contributed by atoms with E-state index < -0.39 is 21.8 Å². The van der Waals surface area contributed by atoms with E-state index >= 15 is 0 Å². The van der Waals surface area contributed by atoms with Gasteiger partial charge in [-0.1, -0.05) is 0 Å². The highest BCUT2D eigenvalue weighted by Gasteiger charge is 2.30. The second-order valence-corrected chi connectivity index (χ2v) is 8.69. The highest BCUT2D eigenvalue weighted by atomic mass is 32.2. The lowest BCUT2D eigenvalue weighted by atomic mass is 10.1. The molecule has 3 aromatic rings. The number of nitrogens with one attached hydrogen (secondary N) is 1. The number of ether oxygens (including phenoxy) is 1. The van der Waals surface area contributed by atoms with Gasteiger partial charge in [-0.2, -0.15) is 13.2 Å². The van der Waals surface area contributed by atoms with Crippen LogP contribution >= 0.6 is 0 Å². The fraction of sp³-hybridized carbons (Fsp3) is 0.200. The second-order valence-electron chi connectivity index (χ2n) is 6.81. The highest BCUT2D eigenvalue weighted by molar-refractivity contribution is 7.89. The Kier molecular flexibility index (Phi) is 5.10. The number of aromatic nitrogens is 2. The van der Waals surface area contributed by atoms with Gasteiger partial charge in [0.05, 0.1) is 16.2 Å². The van der Waals surface area contributed by atoms with Crippen molar-refractivity contribution < 1.29 is 31.1 Å². The van der Waals surface area contributed by atoms with Crippen LogP contribution in [0.1, 0.15) is 22.6 Å². The Morgan fingerprint density at radius 1 is 1.13 bits per heavy atom. The molecule has 162 valence electrons. The third kappa shape index (κ3) is 4.06. The van der Waals surface area contributed by atoms with Crippen LogP contribution < -0.4 is 9.46 Å². The Labute approximate surface area is 175 Å². The first-order valence-corrected chi connectivity index (χ1v) is 10.6. The standard InChI is InChI=1S/C20H16F3N3O4S/c1-24-31(28,29)14-6-7-18(30-13-4-2-12(3-5-13)20(21,22)23)15(10-14)16-11-26-9-8-17(27)19(26)25-16/h2-7,10-11,24H,8-9H2,1H3. The summed E-state index contributed by atoms with van der Waals surface area (Å²) < 4.78 is 72.5. The van der Waals surface area contributed by atoms with Crippen LogP contribution in [0.2, 0.25) is 0 Å². The molecule has 31 heavy (non-hydrogen) atoms. The first kappa shape index (κ1) is 21.1. The van der Waals surface area contributed by atoms with Crippen molar-refractivity contribution in [1.29, 1.82) is 0 Å². The minimum absolute atomic E-state index is 0.0516. The molecule has 1 aromatic heterocycles. The summed E-state index contributed by atoms with van der Waals surface area (Å²) in [4.78, 5) is 16.2. The van der Waals surface area contributed by atoms with Crippen molar-refractivity contribution >= 4 is 15.8 Å². The van der Waals surface area contributed by atoms with E-state index in [1.54, 1.807) is 10.8 Å². The van der Waals surface area contributed by atoms with Crippen LogP contribution in [-0.4, -0.2) is 30.8 Å². The molecule has 0 saturated heterocycles. The average molecular weight is 451 g/mol. The summed E-state index contributed by atoms with van der Waals surface area (Å²) in [6, 6.07) is 8.15. The zero-order valence-electron chi connectivity index (χ0n) is 16.1. The van der Waals surface area contributed by atoms with Gasteiger partial charge >= 0.3 is 6.18 Å². The molecule has 0 bridgehead atoms. The topological polar surface area (TPSA) is 90.3 Å². The Bertz CT molecular complexity index is 1270. The molecule has 0 amide bonds. The molecular weight excluding hydrogens is 435 g/mol. The maximum atomic E-state index is 12.8. The number of alkyl halides is 3. The number of hydrogen-bond donors (Lipinski definition) is 1. The Morgan fingerprint density at radius 3 is 2.45 bits per heavy atom. The molecule has 0 saturated carbocycles. The van der Waals surface area contributed by atoms with Crippen molar-refractivity contribution in [1.82, 2.24) is 14.3 Å². The Morgan fingerprint density at radius 2 is 1.84 bits per heavy atom. The molecule has 1 aliphatic heterocycles. The summed E-state index contributed by atoms with van der Waals surface area (Å²) in [5.41, 5.74) is -0.219. The van der Waals surface area contributed by atoms with Gasteiger partial charge < -0.3 is 9.30 Å². The SMILES string of the molecule is CNS(=O)(=O)c1ccc(Oc2ccc(C(F)(F)F)cc2)c(-c2cn3c(n2)C(=O)CC3)c1. The van der Waals surface area contributed by atoms with Gasteiger partial charge in [0.25, 0.3) is 0 Å². The lowest BCUT2D eigenvalue weighted by molar-refractivity contribution is -0.137. The molecule has 2 heterocycles. The molecule has 0 unspecified atom stereocenters. The van der Waals surface area contributed by atoms with E-state index in [9.17, 15) is 26.4 Å². The monoisotopic (exact) mass is 451 g/mol. The van der Waals surface area contributed by atoms with E-state index in [0.29, 0.717) is 18.7 Å². The Hall–Kier alpha value is -3.18. The number of ketones is 1. The number of sulfonamides is 1. The molecule has 0 radical (unpaired) electrons. The number of halogens is 3. The number of rotatable bonds is 5. The quantitative estimate of drug-likeness (QED) is 0.636. The third-order valence-electron chi connectivity index (χ3n) is 4.82. The van der Waals surface area contributed by atoms with Crippen molar-refractivity contribution in [2.75, 3.05) is 7.05 Å². The molecule has 0 spiro atoms. The minimum Gasteiger partial charge on any atom is -0.457 e. The van der Waals surface area contributed by atoms with E-state index in [4.69, 9.17) is 4.74 Å². The maximum Gasteiger partial charge on any atom is 0.416 e. The lowest BCUT2D eigenvalue weighted by Crippen LogP contribution is -2.18. The minimum atomic E-state index is -4.48. The van der Waals surface area contributed by atoms with E-state index in [1.165, 1.54) is 37.4 Å². The zero-order chi connectivity index (χ0) is 22.4. The second kappa shape index (κ2) is 7.50. The predicted octanol–water partition coefficient (Wildman–Crippen LogP) is 3.86. The maximum absolute atomic E-state index is 12.8. The van der Waals surface area contributed by atoms with Crippen LogP contribution in [0.4, 0.5) is 13.2 Å². The van der Waals surface area contributed by atoms with Crippen LogP contribution in [0.15, 0.2) is 53.6 Å². The molecule has 0 fully saturated rings. The van der Waals surface area contributed by atoms with Crippen LogP contribution in [0, 0.1) is 0 Å². The zero-order valence-corrected chi connectivity index (χ0v) is 16.9. The number of carbonyl (C=O) groups is 1. The summed E-state index contributed by atoms with van der Waals surface area (Å²) in [6.45, 7) is 0.463. The van der Waals surface area contributed by atoms with Crippen molar-refractivity contribution in [2.45, 2.75) is 24.0 Å². The number of hydrogen-bond acceptors (Lipinski definition) is 5. The number of benzene rings is 2. The van der Waals surface area contributed by atoms with Gasteiger partial charge in [-0.25, -0.2) is 18.1 Å². The summed E-state index contributed by atoms with van der Waals surface area (Å²) in [7, 11) is -2.51. The smallest absolute Gasteiger partial charge is 0.416 e. The lowest BCUT2D eigenvalue weighted by Gasteiger charge is -2.13. The molecule has 1 aliphatic rings. The highest BCUT2D eigenvalue weighted by Crippen LogP contribution is 2.37. The summed E-state index contributed by atoms with van der Waals surface area (Å²) >= 11 is 0. The van der Waals surface area contributed by atoms with E-state index in [2.05, 4.69) is 9.71 Å². The summed E-state index contributed by atoms with van der Waals surface area (Å²) in [6.07, 6.45) is -2.52. The van der Waals surface area contributed by atoms with Gasteiger partial charge in [-0.15, -0.1) is 0 Å². The molecule has 0 aliphatic carbocycles. The fourth-order valence-corrected chi connectivity index (χ4v) is 3.95. The van der Waals surface area contributed by atoms with Gasteiger partial charge in [0.1, 0.15) is 11.5 Å². The molecular formula is C20H16F3N3O4S. The molecule has 4 rings (SSSR count). The van der Waals surface area contributed by atoms with Crippen LogP contribution in [0.5, 0.6) is 11.5 Å². The molecule has 7 nitrogen and oxygen atoms in total. The first-order chi connectivity index (χ1) is 14.6. The van der Waals surface area contributed by atoms with Crippen molar-refractivity contribution in [3.8, 4) is 22.8 Å². The number of carbonyl (C=O) groups excluding carboxylic acids is 1. The molecule has 1 N–H and O–H groups in total. The third-order valence-corrected chi connectivity index (χ3v) is 6.23. The van der Waals surface area contributed by atoms with Gasteiger partial charge in [0.15, 0.2) is 11.6 Å². The number of Topliss-reactive ketones (excluding diaryl/α,β-unsaturated/α-hetero) is 1. The first-order valence-electron chi connectivity index (χ1n) is 9.12. The van der Waals surface area contributed by atoms with Gasteiger partial charge in [0.2, 0.25) is 10.0 Å². The number of fused-ring (bicyclic) bond motifs is 1.